The molecule has 4 aliphatic rings. The molecule has 3 aromatic rings. The molecule has 1 aliphatic heterocycles. The third kappa shape index (κ3) is 7.29. The minimum absolute atomic E-state index is 0.00289. The Balaban J connectivity index is 1.39. The first-order valence-corrected chi connectivity index (χ1v) is 20.5. The molecule has 2 unspecified atom stereocenters. The number of fused-ring (bicyclic) bond motifs is 5. The monoisotopic (exact) mass is 853 g/mol. The van der Waals surface area contributed by atoms with Crippen LogP contribution in [0, 0.1) is 16.7 Å². The summed E-state index contributed by atoms with van der Waals surface area (Å²) in [6.07, 6.45) is -10.5. The van der Waals surface area contributed by atoms with E-state index in [0.717, 1.165) is 13.8 Å². The number of rotatable bonds is 10. The van der Waals surface area contributed by atoms with Crippen LogP contribution in [0.4, 0.5) is 0 Å². The molecule has 15 nitrogen and oxygen atoms in total. The molecular formula is C47H51NO14. The molecule has 1 saturated heterocycles. The molecule has 2 saturated carbocycles. The highest BCUT2D eigenvalue weighted by molar-refractivity contribution is 5.96. The van der Waals surface area contributed by atoms with E-state index in [0.29, 0.717) is 5.56 Å². The van der Waals surface area contributed by atoms with Crippen molar-refractivity contribution < 1.29 is 67.8 Å². The Kier molecular flexibility index (Phi) is 11.8. The Labute approximate surface area is 358 Å². The molecule has 328 valence electrons. The second kappa shape index (κ2) is 16.5. The van der Waals surface area contributed by atoms with E-state index >= 15 is 4.79 Å². The molecule has 3 fully saturated rings. The topological polar surface area (TPSA) is 221 Å². The number of hydrogen-bond acceptors (Lipinski definition) is 14. The summed E-state index contributed by atoms with van der Waals surface area (Å²) in [5, 5.41) is 40.2. The van der Waals surface area contributed by atoms with Crippen LogP contribution in [0.25, 0.3) is 0 Å². The summed E-state index contributed by atoms with van der Waals surface area (Å²) in [7, 11) is 0. The van der Waals surface area contributed by atoms with Gasteiger partial charge in [-0.3, -0.25) is 19.2 Å². The molecule has 15 heteroatoms. The molecular weight excluding hydrogens is 803 g/mol. The van der Waals surface area contributed by atoms with E-state index in [-0.39, 0.29) is 35.3 Å². The lowest BCUT2D eigenvalue weighted by Crippen LogP contribution is -2.82. The Morgan fingerprint density at radius 2 is 1.40 bits per heavy atom. The second-order valence-corrected chi connectivity index (χ2v) is 17.4. The van der Waals surface area contributed by atoms with Crippen LogP contribution in [0.3, 0.4) is 0 Å². The van der Waals surface area contributed by atoms with Crippen molar-refractivity contribution in [2.75, 3.05) is 6.61 Å². The number of nitrogens with one attached hydrogen (secondary N) is 1. The third-order valence-electron chi connectivity index (χ3n) is 13.5. The molecule has 1 amide bonds. The van der Waals surface area contributed by atoms with Crippen LogP contribution in [0.1, 0.15) is 86.7 Å². The zero-order valence-electron chi connectivity index (χ0n) is 35.2. The van der Waals surface area contributed by atoms with Crippen molar-refractivity contribution in [2.45, 2.75) is 108 Å². The van der Waals surface area contributed by atoms with Crippen molar-refractivity contribution in [3.63, 3.8) is 0 Å². The fourth-order valence-corrected chi connectivity index (χ4v) is 10.2. The minimum Gasteiger partial charge on any atom is -0.456 e. The fourth-order valence-electron chi connectivity index (χ4n) is 10.2. The fraction of sp³-hybridized carbons (Fsp3) is 0.447. The number of amides is 1. The highest BCUT2D eigenvalue weighted by atomic mass is 16.6. The molecule has 0 spiro atoms. The second-order valence-electron chi connectivity index (χ2n) is 17.4. The molecule has 62 heavy (non-hydrogen) atoms. The van der Waals surface area contributed by atoms with E-state index < -0.39 is 113 Å². The molecule has 2 bridgehead atoms. The van der Waals surface area contributed by atoms with Gasteiger partial charge in [0, 0.05) is 37.7 Å². The molecule has 0 radical (unpaired) electrons. The molecule has 3 aromatic carbocycles. The molecule has 11 atom stereocenters. The first-order chi connectivity index (χ1) is 29.3. The van der Waals surface area contributed by atoms with Crippen molar-refractivity contribution in [1.29, 1.82) is 0 Å². The lowest BCUT2D eigenvalue weighted by molar-refractivity contribution is -0.346. The van der Waals surface area contributed by atoms with Gasteiger partial charge in [-0.15, -0.1) is 0 Å². The van der Waals surface area contributed by atoms with Crippen LogP contribution >= 0.6 is 0 Å². The molecule has 7 rings (SSSR count). The van der Waals surface area contributed by atoms with E-state index in [4.69, 9.17) is 23.7 Å². The number of esters is 4. The van der Waals surface area contributed by atoms with Crippen molar-refractivity contribution >= 4 is 35.6 Å². The van der Waals surface area contributed by atoms with Crippen molar-refractivity contribution in [3.05, 3.63) is 119 Å². The summed E-state index contributed by atoms with van der Waals surface area (Å²) >= 11 is 0. The van der Waals surface area contributed by atoms with Gasteiger partial charge in [0.05, 0.1) is 35.6 Å². The lowest BCUT2D eigenvalue weighted by Gasteiger charge is -2.67. The maximum atomic E-state index is 15.5. The van der Waals surface area contributed by atoms with E-state index in [9.17, 15) is 39.3 Å². The van der Waals surface area contributed by atoms with E-state index in [1.54, 1.807) is 92.7 Å². The summed E-state index contributed by atoms with van der Waals surface area (Å²) < 4.78 is 30.3. The standard InChI is InChI=1S/C47H51NO14/c1-25-31(60-43(56)36(52)35(28-16-10-7-11-17-28)48-41(54)29-18-12-8-13-19-29)23-47(57)40(61-42(55)30-20-14-9-15-21-30)38-45(6,32(51)22-33-46(38,24-58-33)62-27(3)50)39(53)37(59-26(2)49)34(25)44(47,4)5/h7-21,31-33,35-38,40,51-52,57H,22-24H2,1-6H3,(H,48,54)/t31-,32?,33+,35-,36+,37+,38-,40-,45?,46-,47+/m0/s1. The van der Waals surface area contributed by atoms with Crippen molar-refractivity contribution in [1.82, 2.24) is 5.32 Å². The molecule has 1 heterocycles. The van der Waals surface area contributed by atoms with Gasteiger partial charge in [0.25, 0.3) is 5.91 Å². The summed E-state index contributed by atoms with van der Waals surface area (Å²) in [5.74, 6) is -6.84. The normalized spacial score (nSPS) is 31.9. The zero-order chi connectivity index (χ0) is 44.9. The van der Waals surface area contributed by atoms with Gasteiger partial charge in [0.1, 0.15) is 23.9 Å². The summed E-state index contributed by atoms with van der Waals surface area (Å²) in [6.45, 7) is 7.97. The number of aliphatic hydroxyl groups is 3. The average Bonchev–Trinajstić information content (AvgIpc) is 3.24. The van der Waals surface area contributed by atoms with Crippen LogP contribution in [0.2, 0.25) is 0 Å². The predicted molar refractivity (Wildman–Crippen MR) is 218 cm³/mol. The first kappa shape index (κ1) is 44.3. The van der Waals surface area contributed by atoms with Crippen LogP contribution in [-0.4, -0.2) is 105 Å². The number of carbonyl (C=O) groups excluding carboxylic acids is 6. The van der Waals surface area contributed by atoms with Gasteiger partial charge in [0.15, 0.2) is 23.6 Å². The number of Topliss-reactive ketones (excluding diaryl/α,β-unsaturated/α-hetero) is 1. The largest absolute Gasteiger partial charge is 0.456 e. The van der Waals surface area contributed by atoms with Gasteiger partial charge in [-0.1, -0.05) is 80.6 Å². The number of aliphatic hydroxyl groups excluding tert-OH is 2. The number of ketones is 1. The van der Waals surface area contributed by atoms with Gasteiger partial charge >= 0.3 is 23.9 Å². The maximum Gasteiger partial charge on any atom is 0.338 e. The smallest absolute Gasteiger partial charge is 0.338 e. The van der Waals surface area contributed by atoms with Crippen LogP contribution < -0.4 is 5.32 Å². The highest BCUT2D eigenvalue weighted by Gasteiger charge is 2.78. The number of hydrogen-bond donors (Lipinski definition) is 4. The van der Waals surface area contributed by atoms with Gasteiger partial charge < -0.3 is 44.3 Å². The summed E-state index contributed by atoms with van der Waals surface area (Å²) in [4.78, 5) is 83.5. The molecule has 4 N–H and O–H groups in total. The molecule has 3 aliphatic carbocycles. The SMILES string of the molecule is CC(=O)O[C@H]1C(=O)C2(C)C(O)C[C@H]3OC[C@@]3(OC(C)=O)[C@H]2[C@H](OC(=O)c2ccccc2)[C@]2(O)C[C@H](OC(=O)[C@H](O)[C@@H](NC(=O)c3ccccc3)c3ccccc3)C(C)=C1C2(C)C. The Hall–Kier alpha value is -5.74. The van der Waals surface area contributed by atoms with Crippen LogP contribution in [-0.2, 0) is 42.9 Å². The van der Waals surface area contributed by atoms with E-state index in [1.165, 1.54) is 26.0 Å². The highest BCUT2D eigenvalue weighted by Crippen LogP contribution is 2.64. The minimum atomic E-state index is -2.39. The van der Waals surface area contributed by atoms with E-state index in [2.05, 4.69) is 5.32 Å². The first-order valence-electron chi connectivity index (χ1n) is 20.5. The van der Waals surface area contributed by atoms with Crippen molar-refractivity contribution in [3.8, 4) is 0 Å². The Bertz CT molecular complexity index is 2280. The Morgan fingerprint density at radius 3 is 1.95 bits per heavy atom. The zero-order valence-corrected chi connectivity index (χ0v) is 35.2. The average molecular weight is 854 g/mol. The third-order valence-corrected chi connectivity index (χ3v) is 13.5. The number of benzene rings is 3. The van der Waals surface area contributed by atoms with Gasteiger partial charge in [0.2, 0.25) is 0 Å². The summed E-state index contributed by atoms with van der Waals surface area (Å²) in [5.41, 5.74) is -7.02. The lowest BCUT2D eigenvalue weighted by atomic mass is 9.44. The number of ether oxygens (including phenoxy) is 5. The number of carbonyl (C=O) groups is 6. The quantitative estimate of drug-likeness (QED) is 0.130. The van der Waals surface area contributed by atoms with Crippen molar-refractivity contribution in [2.24, 2.45) is 16.7 Å². The van der Waals surface area contributed by atoms with Crippen LogP contribution in [0.5, 0.6) is 0 Å². The van der Waals surface area contributed by atoms with E-state index in [1.807, 2.05) is 0 Å². The molecule has 0 aromatic heterocycles. The predicted octanol–water partition coefficient (Wildman–Crippen LogP) is 3.74. The summed E-state index contributed by atoms with van der Waals surface area (Å²) in [6, 6.07) is 22.9. The van der Waals surface area contributed by atoms with Crippen LogP contribution in [0.15, 0.2) is 102 Å². The van der Waals surface area contributed by atoms with Gasteiger partial charge in [-0.2, -0.15) is 0 Å². The maximum absolute atomic E-state index is 15.5. The Morgan fingerprint density at radius 1 is 0.823 bits per heavy atom. The van der Waals surface area contributed by atoms with Gasteiger partial charge in [-0.25, -0.2) is 9.59 Å². The van der Waals surface area contributed by atoms with Gasteiger partial charge in [-0.05, 0) is 54.8 Å².